The van der Waals surface area contributed by atoms with Gasteiger partial charge in [0.15, 0.2) is 5.76 Å². The Balaban J connectivity index is 1.30. The standard InChI is InChI=1S/C21H25N5O3/c27-19-6-3-5-18-13-8-14(11-22-10-13)20(26(18)19)21(28)24-12-15-9-17(25-29-15)16-4-1-2-7-23-16/h1-2,4,7,9,13-14,18,20,22H,3,5-6,8,10-12H2,(H,24,28)/t13-,14+,18+,20-/m1/s1. The second-order valence-corrected chi connectivity index (χ2v) is 8.23. The molecule has 3 aliphatic heterocycles. The highest BCUT2D eigenvalue weighted by molar-refractivity contribution is 5.89. The molecule has 2 aromatic rings. The molecular weight excluding hydrogens is 370 g/mol. The fourth-order valence-corrected chi connectivity index (χ4v) is 5.16. The number of carbonyl (C=O) groups is 2. The van der Waals surface area contributed by atoms with E-state index in [0.29, 0.717) is 23.8 Å². The minimum atomic E-state index is -0.407. The van der Waals surface area contributed by atoms with Gasteiger partial charge in [0, 0.05) is 37.2 Å². The van der Waals surface area contributed by atoms with E-state index in [9.17, 15) is 9.59 Å². The maximum atomic E-state index is 13.1. The largest absolute Gasteiger partial charge is 0.359 e. The van der Waals surface area contributed by atoms with Crippen molar-refractivity contribution in [2.75, 3.05) is 13.1 Å². The lowest BCUT2D eigenvalue weighted by Crippen LogP contribution is -2.67. The molecule has 8 heteroatoms. The van der Waals surface area contributed by atoms with Crippen LogP contribution < -0.4 is 10.6 Å². The van der Waals surface area contributed by atoms with Crippen LogP contribution >= 0.6 is 0 Å². The van der Waals surface area contributed by atoms with Gasteiger partial charge in [0.1, 0.15) is 11.7 Å². The third-order valence-corrected chi connectivity index (χ3v) is 6.44. The lowest BCUT2D eigenvalue weighted by atomic mass is 9.72. The number of piperidine rings is 3. The zero-order chi connectivity index (χ0) is 19.8. The van der Waals surface area contributed by atoms with Crippen LogP contribution in [0.15, 0.2) is 35.0 Å². The Morgan fingerprint density at radius 1 is 1.28 bits per heavy atom. The lowest BCUT2D eigenvalue weighted by Gasteiger charge is -2.53. The summed E-state index contributed by atoms with van der Waals surface area (Å²) in [6.07, 6.45) is 5.16. The zero-order valence-electron chi connectivity index (χ0n) is 16.2. The Kier molecular flexibility index (Phi) is 4.79. The van der Waals surface area contributed by atoms with Crippen molar-refractivity contribution in [3.63, 3.8) is 0 Å². The smallest absolute Gasteiger partial charge is 0.243 e. The fraction of sp³-hybridized carbons (Fsp3) is 0.524. The summed E-state index contributed by atoms with van der Waals surface area (Å²) in [5, 5.41) is 10.5. The second kappa shape index (κ2) is 7.59. The van der Waals surface area contributed by atoms with Gasteiger partial charge in [0.2, 0.25) is 11.8 Å². The first kappa shape index (κ1) is 18.3. The molecule has 0 saturated carbocycles. The van der Waals surface area contributed by atoms with E-state index in [0.717, 1.165) is 38.0 Å². The normalized spacial score (nSPS) is 28.7. The third kappa shape index (κ3) is 3.42. The number of pyridine rings is 1. The summed E-state index contributed by atoms with van der Waals surface area (Å²) in [6, 6.07) is 7.15. The van der Waals surface area contributed by atoms with E-state index in [4.69, 9.17) is 4.52 Å². The van der Waals surface area contributed by atoms with Crippen LogP contribution in [0, 0.1) is 11.8 Å². The third-order valence-electron chi connectivity index (χ3n) is 6.44. The minimum Gasteiger partial charge on any atom is -0.359 e. The number of fused-ring (bicyclic) bond motifs is 4. The molecule has 0 radical (unpaired) electrons. The molecule has 2 amide bonds. The van der Waals surface area contributed by atoms with Crippen LogP contribution in [-0.4, -0.2) is 52.0 Å². The molecule has 29 heavy (non-hydrogen) atoms. The molecule has 0 unspecified atom stereocenters. The molecule has 5 rings (SSSR count). The zero-order valence-corrected chi connectivity index (χ0v) is 16.2. The maximum Gasteiger partial charge on any atom is 0.243 e. The first-order chi connectivity index (χ1) is 14.2. The van der Waals surface area contributed by atoms with Gasteiger partial charge in [-0.05, 0) is 43.9 Å². The average Bonchev–Trinajstić information content (AvgIpc) is 3.23. The van der Waals surface area contributed by atoms with Crippen molar-refractivity contribution >= 4 is 11.8 Å². The maximum absolute atomic E-state index is 13.1. The number of carbonyl (C=O) groups excluding carboxylic acids is 2. The number of aromatic nitrogens is 2. The van der Waals surface area contributed by atoms with Crippen molar-refractivity contribution in [3.8, 4) is 11.4 Å². The van der Waals surface area contributed by atoms with Gasteiger partial charge in [0.05, 0.1) is 12.2 Å². The van der Waals surface area contributed by atoms with Crippen molar-refractivity contribution in [1.29, 1.82) is 0 Å². The lowest BCUT2D eigenvalue weighted by molar-refractivity contribution is -0.157. The molecule has 2 aromatic heterocycles. The van der Waals surface area contributed by atoms with Gasteiger partial charge >= 0.3 is 0 Å². The highest BCUT2D eigenvalue weighted by atomic mass is 16.5. The predicted molar refractivity (Wildman–Crippen MR) is 104 cm³/mol. The Morgan fingerprint density at radius 2 is 2.17 bits per heavy atom. The SMILES string of the molecule is O=C(NCc1cc(-c2ccccn2)no1)[C@H]1[C@@H]2CNC[C@@H](C2)[C@@H]2CCCC(=O)N21. The van der Waals surface area contributed by atoms with Crippen molar-refractivity contribution in [3.05, 3.63) is 36.2 Å². The average molecular weight is 395 g/mol. The van der Waals surface area contributed by atoms with Gasteiger partial charge in [-0.25, -0.2) is 0 Å². The quantitative estimate of drug-likeness (QED) is 0.810. The minimum absolute atomic E-state index is 0.104. The van der Waals surface area contributed by atoms with Gasteiger partial charge in [-0.3, -0.25) is 14.6 Å². The monoisotopic (exact) mass is 395 g/mol. The van der Waals surface area contributed by atoms with Crippen molar-refractivity contribution < 1.29 is 14.1 Å². The number of nitrogens with zero attached hydrogens (tertiary/aromatic N) is 3. The molecule has 5 heterocycles. The molecule has 3 saturated heterocycles. The van der Waals surface area contributed by atoms with E-state index in [1.807, 2.05) is 23.1 Å². The van der Waals surface area contributed by atoms with E-state index in [1.165, 1.54) is 0 Å². The number of rotatable bonds is 4. The second-order valence-electron chi connectivity index (χ2n) is 8.23. The molecule has 8 nitrogen and oxygen atoms in total. The van der Waals surface area contributed by atoms with E-state index < -0.39 is 6.04 Å². The summed E-state index contributed by atoms with van der Waals surface area (Å²) in [4.78, 5) is 32.0. The Labute approximate surface area is 169 Å². The molecule has 152 valence electrons. The molecule has 0 spiro atoms. The fourth-order valence-electron chi connectivity index (χ4n) is 5.16. The van der Waals surface area contributed by atoms with Gasteiger partial charge in [-0.1, -0.05) is 11.2 Å². The molecule has 2 bridgehead atoms. The molecule has 2 N–H and O–H groups in total. The highest BCUT2D eigenvalue weighted by Crippen LogP contribution is 2.39. The summed E-state index contributed by atoms with van der Waals surface area (Å²) >= 11 is 0. The number of hydrogen-bond acceptors (Lipinski definition) is 6. The first-order valence-electron chi connectivity index (χ1n) is 10.4. The van der Waals surface area contributed by atoms with Crippen molar-refractivity contribution in [2.45, 2.75) is 44.3 Å². The Bertz CT molecular complexity index is 899. The van der Waals surface area contributed by atoms with Crippen LogP contribution in [-0.2, 0) is 16.1 Å². The van der Waals surface area contributed by atoms with Crippen LogP contribution in [0.3, 0.4) is 0 Å². The number of hydrogen-bond donors (Lipinski definition) is 2. The topological polar surface area (TPSA) is 100 Å². The van der Waals surface area contributed by atoms with Crippen molar-refractivity contribution in [1.82, 2.24) is 25.7 Å². The summed E-state index contributed by atoms with van der Waals surface area (Å²) in [5.41, 5.74) is 1.36. The summed E-state index contributed by atoms with van der Waals surface area (Å²) < 4.78 is 5.37. The van der Waals surface area contributed by atoms with Crippen LogP contribution in [0.1, 0.15) is 31.4 Å². The Hall–Kier alpha value is -2.74. The highest BCUT2D eigenvalue weighted by Gasteiger charge is 2.50. The molecule has 0 aliphatic carbocycles. The molecular formula is C21H25N5O3. The van der Waals surface area contributed by atoms with Gasteiger partial charge in [-0.15, -0.1) is 0 Å². The van der Waals surface area contributed by atoms with Crippen LogP contribution in [0.25, 0.3) is 11.4 Å². The van der Waals surface area contributed by atoms with Crippen molar-refractivity contribution in [2.24, 2.45) is 11.8 Å². The van der Waals surface area contributed by atoms with Gasteiger partial charge < -0.3 is 20.1 Å². The molecule has 3 aliphatic rings. The van der Waals surface area contributed by atoms with E-state index in [-0.39, 0.29) is 30.3 Å². The number of amides is 2. The van der Waals surface area contributed by atoms with Gasteiger partial charge in [-0.2, -0.15) is 0 Å². The summed E-state index contributed by atoms with van der Waals surface area (Å²) in [5.74, 6) is 1.20. The summed E-state index contributed by atoms with van der Waals surface area (Å²) in [6.45, 7) is 1.95. The molecule has 4 atom stereocenters. The first-order valence-corrected chi connectivity index (χ1v) is 10.4. The van der Waals surface area contributed by atoms with E-state index >= 15 is 0 Å². The van der Waals surface area contributed by atoms with Crippen LogP contribution in [0.2, 0.25) is 0 Å². The summed E-state index contributed by atoms with van der Waals surface area (Å²) in [7, 11) is 0. The predicted octanol–water partition coefficient (Wildman–Crippen LogP) is 1.34. The number of nitrogens with one attached hydrogen (secondary N) is 2. The molecule has 3 fully saturated rings. The van der Waals surface area contributed by atoms with Gasteiger partial charge in [0.25, 0.3) is 0 Å². The van der Waals surface area contributed by atoms with Crippen LogP contribution in [0.4, 0.5) is 0 Å². The van der Waals surface area contributed by atoms with E-state index in [1.54, 1.807) is 12.3 Å². The van der Waals surface area contributed by atoms with Crippen LogP contribution in [0.5, 0.6) is 0 Å². The Morgan fingerprint density at radius 3 is 3.03 bits per heavy atom. The van der Waals surface area contributed by atoms with E-state index in [2.05, 4.69) is 20.8 Å². The molecule has 0 aromatic carbocycles.